The second-order valence-corrected chi connectivity index (χ2v) is 5.29. The van der Waals surface area contributed by atoms with Crippen LogP contribution in [0.1, 0.15) is 24.3 Å². The summed E-state index contributed by atoms with van der Waals surface area (Å²) in [5.74, 6) is 0.142. The minimum absolute atomic E-state index is 0.0186. The number of nitrogens with one attached hydrogen (secondary N) is 2. The fourth-order valence-electron chi connectivity index (χ4n) is 1.78. The number of nitrogen functional groups attached to an aromatic ring is 1. The summed E-state index contributed by atoms with van der Waals surface area (Å²) in [5.41, 5.74) is 5.85. The normalized spacial score (nSPS) is 11.8. The Bertz CT molecular complexity index is 383. The van der Waals surface area contributed by atoms with Crippen LogP contribution in [0.3, 0.4) is 0 Å². The Morgan fingerprint density at radius 1 is 1.59 bits per heavy atom. The van der Waals surface area contributed by atoms with Crippen molar-refractivity contribution in [1.82, 2.24) is 20.4 Å². The molecule has 0 radical (unpaired) electrons. The summed E-state index contributed by atoms with van der Waals surface area (Å²) in [7, 11) is 4.03. The van der Waals surface area contributed by atoms with Crippen LogP contribution in [0.25, 0.3) is 0 Å². The molecule has 0 spiro atoms. The van der Waals surface area contributed by atoms with E-state index in [0.717, 1.165) is 6.54 Å². The number of hydrogen-bond acceptors (Lipinski definition) is 4. The highest BCUT2D eigenvalue weighted by atomic mass is 16.1. The molecule has 0 aromatic carbocycles. The molecule has 1 heterocycles. The van der Waals surface area contributed by atoms with Gasteiger partial charge in [0, 0.05) is 19.2 Å². The van der Waals surface area contributed by atoms with Crippen LogP contribution in [0.2, 0.25) is 0 Å². The minimum atomic E-state index is -0.180. The van der Waals surface area contributed by atoms with E-state index >= 15 is 0 Å². The molecule has 4 N–H and O–H groups in total. The molecule has 0 aliphatic carbocycles. The van der Waals surface area contributed by atoms with E-state index in [1.165, 1.54) is 6.07 Å². The zero-order valence-electron chi connectivity index (χ0n) is 10.9. The minimum Gasteiger partial charge on any atom is -0.382 e. The average Bonchev–Trinajstić information content (AvgIpc) is 2.59. The van der Waals surface area contributed by atoms with Crippen molar-refractivity contribution in [2.75, 3.05) is 32.9 Å². The molecule has 0 aliphatic rings. The number of hydrogen-bond donors (Lipinski definition) is 3. The number of aromatic nitrogens is 2. The molecular weight excluding hydrogens is 218 g/mol. The van der Waals surface area contributed by atoms with Gasteiger partial charge in [-0.25, -0.2) is 0 Å². The Morgan fingerprint density at radius 3 is 2.71 bits per heavy atom. The summed E-state index contributed by atoms with van der Waals surface area (Å²) >= 11 is 0. The van der Waals surface area contributed by atoms with Gasteiger partial charge in [-0.3, -0.25) is 9.89 Å². The molecule has 1 rings (SSSR count). The average molecular weight is 239 g/mol. The van der Waals surface area contributed by atoms with E-state index in [0.29, 0.717) is 18.1 Å². The van der Waals surface area contributed by atoms with Crippen molar-refractivity contribution < 1.29 is 4.79 Å². The lowest BCUT2D eigenvalue weighted by Crippen LogP contribution is -2.40. The van der Waals surface area contributed by atoms with E-state index in [1.807, 2.05) is 14.1 Å². The number of aromatic amines is 1. The summed E-state index contributed by atoms with van der Waals surface area (Å²) in [4.78, 5) is 13.8. The molecule has 0 atom stereocenters. The van der Waals surface area contributed by atoms with E-state index in [9.17, 15) is 4.79 Å². The molecule has 0 saturated heterocycles. The van der Waals surface area contributed by atoms with E-state index in [2.05, 4.69) is 34.3 Å². The zero-order chi connectivity index (χ0) is 13.1. The van der Waals surface area contributed by atoms with Gasteiger partial charge >= 0.3 is 0 Å². The van der Waals surface area contributed by atoms with Gasteiger partial charge < -0.3 is 16.0 Å². The lowest BCUT2D eigenvalue weighted by Gasteiger charge is -2.28. The van der Waals surface area contributed by atoms with Gasteiger partial charge in [0.15, 0.2) is 0 Å². The first kappa shape index (κ1) is 13.5. The molecule has 6 nitrogen and oxygen atoms in total. The molecular formula is C11H21N5O. The lowest BCUT2D eigenvalue weighted by atomic mass is 9.93. The fourth-order valence-corrected chi connectivity index (χ4v) is 1.78. The molecule has 1 aromatic rings. The van der Waals surface area contributed by atoms with Crippen LogP contribution in [0.15, 0.2) is 6.07 Å². The number of carbonyl (C=O) groups is 1. The predicted octanol–water partition coefficient (Wildman–Crippen LogP) is 0.310. The van der Waals surface area contributed by atoms with Crippen molar-refractivity contribution in [2.24, 2.45) is 5.41 Å². The third-order valence-corrected chi connectivity index (χ3v) is 2.31. The molecule has 0 aliphatic heterocycles. The van der Waals surface area contributed by atoms with Crippen molar-refractivity contribution in [2.45, 2.75) is 13.8 Å². The molecule has 0 saturated carbocycles. The Balaban J connectivity index is 2.48. The largest absolute Gasteiger partial charge is 0.382 e. The van der Waals surface area contributed by atoms with Crippen molar-refractivity contribution in [1.29, 1.82) is 0 Å². The van der Waals surface area contributed by atoms with Crippen LogP contribution < -0.4 is 11.1 Å². The predicted molar refractivity (Wildman–Crippen MR) is 67.7 cm³/mol. The molecule has 0 bridgehead atoms. The number of nitrogens with two attached hydrogens (primary N) is 1. The Labute approximate surface area is 102 Å². The monoisotopic (exact) mass is 239 g/mol. The molecule has 17 heavy (non-hydrogen) atoms. The number of nitrogens with zero attached hydrogens (tertiary/aromatic N) is 2. The third-order valence-electron chi connectivity index (χ3n) is 2.31. The summed E-state index contributed by atoms with van der Waals surface area (Å²) < 4.78 is 0. The lowest BCUT2D eigenvalue weighted by molar-refractivity contribution is 0.0924. The number of anilines is 1. The van der Waals surface area contributed by atoms with Crippen LogP contribution in [-0.2, 0) is 0 Å². The van der Waals surface area contributed by atoms with Gasteiger partial charge in [0.25, 0.3) is 5.91 Å². The van der Waals surface area contributed by atoms with Gasteiger partial charge in [-0.1, -0.05) is 13.8 Å². The van der Waals surface area contributed by atoms with Gasteiger partial charge in [0.05, 0.1) is 0 Å². The second kappa shape index (κ2) is 5.18. The van der Waals surface area contributed by atoms with Gasteiger partial charge in [0.1, 0.15) is 11.5 Å². The van der Waals surface area contributed by atoms with Crippen LogP contribution in [0.5, 0.6) is 0 Å². The highest BCUT2D eigenvalue weighted by Gasteiger charge is 2.20. The number of carbonyl (C=O) groups excluding carboxylic acids is 1. The van der Waals surface area contributed by atoms with Crippen molar-refractivity contribution >= 4 is 11.7 Å². The molecule has 96 valence electrons. The summed E-state index contributed by atoms with van der Waals surface area (Å²) in [6.45, 7) is 5.71. The Hall–Kier alpha value is -1.56. The number of H-pyrrole nitrogens is 1. The quantitative estimate of drug-likeness (QED) is 0.690. The molecule has 0 fully saturated rings. The van der Waals surface area contributed by atoms with Crippen molar-refractivity contribution in [3.8, 4) is 0 Å². The van der Waals surface area contributed by atoms with Crippen LogP contribution in [0, 0.1) is 5.41 Å². The summed E-state index contributed by atoms with van der Waals surface area (Å²) in [5, 5.41) is 9.16. The van der Waals surface area contributed by atoms with E-state index in [1.54, 1.807) is 0 Å². The molecule has 1 amide bonds. The van der Waals surface area contributed by atoms with E-state index in [4.69, 9.17) is 5.73 Å². The second-order valence-electron chi connectivity index (χ2n) is 5.29. The Kier molecular flexibility index (Phi) is 4.11. The zero-order valence-corrected chi connectivity index (χ0v) is 10.9. The maximum absolute atomic E-state index is 11.7. The number of rotatable bonds is 5. The van der Waals surface area contributed by atoms with Crippen LogP contribution in [0.4, 0.5) is 5.82 Å². The van der Waals surface area contributed by atoms with Gasteiger partial charge in [0.2, 0.25) is 0 Å². The fraction of sp³-hybridized carbons (Fsp3) is 0.636. The maximum atomic E-state index is 11.7. The summed E-state index contributed by atoms with van der Waals surface area (Å²) in [6, 6.07) is 1.52. The van der Waals surface area contributed by atoms with Crippen LogP contribution >= 0.6 is 0 Å². The molecule has 1 aromatic heterocycles. The molecule has 0 unspecified atom stereocenters. The maximum Gasteiger partial charge on any atom is 0.269 e. The highest BCUT2D eigenvalue weighted by molar-refractivity contribution is 5.92. The first-order valence-electron chi connectivity index (χ1n) is 5.54. The SMILES string of the molecule is CN(C)CC(C)(C)CNC(=O)c1cc(N)n[nH]1. The van der Waals surface area contributed by atoms with Gasteiger partial charge in [-0.05, 0) is 19.5 Å². The standard InChI is InChI=1S/C11H21N5O/c1-11(2,7-16(3)4)6-13-10(17)8-5-9(12)15-14-8/h5H,6-7H2,1-4H3,(H,13,17)(H3,12,14,15). The third kappa shape index (κ3) is 4.44. The van der Waals surface area contributed by atoms with Crippen LogP contribution in [-0.4, -0.2) is 48.2 Å². The van der Waals surface area contributed by atoms with Gasteiger partial charge in [-0.2, -0.15) is 5.10 Å². The summed E-state index contributed by atoms with van der Waals surface area (Å²) in [6.07, 6.45) is 0. The first-order chi connectivity index (χ1) is 7.80. The van der Waals surface area contributed by atoms with Crippen molar-refractivity contribution in [3.63, 3.8) is 0 Å². The van der Waals surface area contributed by atoms with Crippen molar-refractivity contribution in [3.05, 3.63) is 11.8 Å². The molecule has 6 heteroatoms. The first-order valence-corrected chi connectivity index (χ1v) is 5.54. The van der Waals surface area contributed by atoms with E-state index < -0.39 is 0 Å². The van der Waals surface area contributed by atoms with E-state index in [-0.39, 0.29) is 11.3 Å². The van der Waals surface area contributed by atoms with Gasteiger partial charge in [-0.15, -0.1) is 0 Å². The smallest absolute Gasteiger partial charge is 0.269 e. The topological polar surface area (TPSA) is 87.0 Å². The number of amides is 1. The highest BCUT2D eigenvalue weighted by Crippen LogP contribution is 2.14. The Morgan fingerprint density at radius 2 is 2.24 bits per heavy atom.